The highest BCUT2D eigenvalue weighted by atomic mass is 16.5. The molecule has 167 valence electrons. The average Bonchev–Trinajstić information content (AvgIpc) is 3.40. The number of fused-ring (bicyclic) bond motifs is 10. The Kier molecular flexibility index (Phi) is 4.45. The number of rotatable bonds is 3. The molecule has 1 radical (unpaired) electrons. The molecule has 5 aromatic carbocycles. The molecule has 3 nitrogen and oxygen atoms in total. The Bertz CT molecular complexity index is 1690. The van der Waals surface area contributed by atoms with Crippen LogP contribution in [0.15, 0.2) is 109 Å². The largest absolute Gasteiger partial charge is 0.569 e. The first kappa shape index (κ1) is 20.8. The first-order chi connectivity index (χ1) is 17.8. The third-order valence-electron chi connectivity index (χ3n) is 7.57. The van der Waals surface area contributed by atoms with Gasteiger partial charge in [-0.15, -0.1) is 0 Å². The minimum absolute atomic E-state index is 0.506. The molecule has 0 fully saturated rings. The molecule has 0 aliphatic heterocycles. The lowest BCUT2D eigenvalue weighted by Crippen LogP contribution is -2.26. The topological polar surface area (TPSA) is 53.2 Å². The number of hydrogen-bond acceptors (Lipinski definition) is 3. The van der Waals surface area contributed by atoms with Crippen molar-refractivity contribution >= 4 is 7.69 Å². The van der Waals surface area contributed by atoms with E-state index in [2.05, 4.69) is 84.9 Å². The highest BCUT2D eigenvalue weighted by molar-refractivity contribution is 6.17. The SMILES string of the molecule is N#Cc1ccc2c(c1)C1(c3ccccc3-c3ccccc31)c1cc(-c3cccc(O[B]O)c3)ccc1-2. The molecular formula is C32H19BNO2. The third-order valence-corrected chi connectivity index (χ3v) is 7.57. The van der Waals surface area contributed by atoms with Gasteiger partial charge >= 0.3 is 7.69 Å². The van der Waals surface area contributed by atoms with Crippen molar-refractivity contribution in [3.05, 3.63) is 137 Å². The predicted molar refractivity (Wildman–Crippen MR) is 141 cm³/mol. The number of benzene rings is 5. The van der Waals surface area contributed by atoms with Crippen LogP contribution in [0.4, 0.5) is 0 Å². The Hall–Kier alpha value is -4.59. The first-order valence-electron chi connectivity index (χ1n) is 11.9. The number of hydrogen-bond donors (Lipinski definition) is 1. The van der Waals surface area contributed by atoms with E-state index < -0.39 is 5.41 Å². The highest BCUT2D eigenvalue weighted by Gasteiger charge is 2.51. The van der Waals surface area contributed by atoms with E-state index in [0.29, 0.717) is 19.0 Å². The Morgan fingerprint density at radius 3 is 1.92 bits per heavy atom. The minimum atomic E-state index is -0.506. The molecule has 2 aliphatic rings. The maximum Gasteiger partial charge on any atom is 0.569 e. The number of nitrogens with zero attached hydrogens (tertiary/aromatic N) is 1. The molecule has 4 heteroatoms. The van der Waals surface area contributed by atoms with E-state index in [9.17, 15) is 5.26 Å². The van der Waals surface area contributed by atoms with Crippen molar-refractivity contribution < 1.29 is 9.68 Å². The first-order valence-corrected chi connectivity index (χ1v) is 11.9. The van der Waals surface area contributed by atoms with Crippen LogP contribution in [0, 0.1) is 11.3 Å². The molecule has 0 amide bonds. The quantitative estimate of drug-likeness (QED) is 0.308. The Labute approximate surface area is 210 Å². The van der Waals surface area contributed by atoms with Crippen molar-refractivity contribution in [3.8, 4) is 45.2 Å². The second-order valence-electron chi connectivity index (χ2n) is 9.22. The molecule has 0 aromatic heterocycles. The summed E-state index contributed by atoms with van der Waals surface area (Å²) in [7, 11) is 0.701. The molecule has 0 saturated heterocycles. The van der Waals surface area contributed by atoms with Crippen LogP contribution in [0.2, 0.25) is 0 Å². The summed E-state index contributed by atoms with van der Waals surface area (Å²) in [6, 6.07) is 40.0. The van der Waals surface area contributed by atoms with Crippen LogP contribution in [0.1, 0.15) is 27.8 Å². The van der Waals surface area contributed by atoms with Crippen LogP contribution in [0.3, 0.4) is 0 Å². The molecule has 36 heavy (non-hydrogen) atoms. The monoisotopic (exact) mass is 460 g/mol. The van der Waals surface area contributed by atoms with E-state index in [-0.39, 0.29) is 0 Å². The van der Waals surface area contributed by atoms with Gasteiger partial charge in [-0.05, 0) is 86.0 Å². The molecule has 7 rings (SSSR count). The maximum atomic E-state index is 9.79. The lowest BCUT2D eigenvalue weighted by atomic mass is 9.70. The van der Waals surface area contributed by atoms with Gasteiger partial charge in [0.15, 0.2) is 0 Å². The van der Waals surface area contributed by atoms with Gasteiger partial charge in [0, 0.05) is 0 Å². The summed E-state index contributed by atoms with van der Waals surface area (Å²) >= 11 is 0. The fourth-order valence-electron chi connectivity index (χ4n) is 6.20. The van der Waals surface area contributed by atoms with Gasteiger partial charge in [0.25, 0.3) is 0 Å². The van der Waals surface area contributed by atoms with E-state index >= 15 is 0 Å². The standard InChI is InChI=1S/C32H19BNO2/c34-19-20-12-14-26-27-15-13-22(21-6-5-7-23(17-21)36-33-35)18-31(27)32(30(26)16-20)28-10-3-1-8-24(28)25-9-2-4-11-29(25)32/h1-18,35H. The van der Waals surface area contributed by atoms with Crippen LogP contribution < -0.4 is 4.65 Å². The van der Waals surface area contributed by atoms with E-state index in [4.69, 9.17) is 9.68 Å². The zero-order valence-corrected chi connectivity index (χ0v) is 19.3. The summed E-state index contributed by atoms with van der Waals surface area (Å²) < 4.78 is 5.22. The fraction of sp³-hybridized carbons (Fsp3) is 0.0312. The van der Waals surface area contributed by atoms with E-state index in [1.165, 1.54) is 33.4 Å². The van der Waals surface area contributed by atoms with Crippen LogP contribution in [0.25, 0.3) is 33.4 Å². The summed E-state index contributed by atoms with van der Waals surface area (Å²) in [5.74, 6) is 0.573. The molecule has 0 heterocycles. The second-order valence-corrected chi connectivity index (χ2v) is 9.22. The van der Waals surface area contributed by atoms with Crippen molar-refractivity contribution in [1.29, 1.82) is 5.26 Å². The van der Waals surface area contributed by atoms with Gasteiger partial charge in [-0.1, -0.05) is 78.9 Å². The normalized spacial score (nSPS) is 13.3. The smallest absolute Gasteiger partial charge is 0.537 e. The van der Waals surface area contributed by atoms with Gasteiger partial charge in [0.05, 0.1) is 17.0 Å². The van der Waals surface area contributed by atoms with Crippen LogP contribution in [-0.2, 0) is 5.41 Å². The zero-order chi connectivity index (χ0) is 24.3. The maximum absolute atomic E-state index is 9.79. The molecule has 1 spiro atoms. The summed E-state index contributed by atoms with van der Waals surface area (Å²) in [4.78, 5) is 0. The zero-order valence-electron chi connectivity index (χ0n) is 19.3. The summed E-state index contributed by atoms with van der Waals surface area (Å²) in [5, 5.41) is 18.9. The highest BCUT2D eigenvalue weighted by Crippen LogP contribution is 2.63. The summed E-state index contributed by atoms with van der Waals surface area (Å²) in [5.41, 5.74) is 11.9. The molecule has 5 aromatic rings. The predicted octanol–water partition coefficient (Wildman–Crippen LogP) is 6.47. The van der Waals surface area contributed by atoms with Gasteiger partial charge in [0.2, 0.25) is 0 Å². The van der Waals surface area contributed by atoms with E-state index in [0.717, 1.165) is 22.3 Å². The van der Waals surface area contributed by atoms with Crippen LogP contribution in [-0.4, -0.2) is 12.7 Å². The molecule has 1 N–H and O–H groups in total. The Balaban J connectivity index is 1.57. The third kappa shape index (κ3) is 2.66. The molecule has 0 bridgehead atoms. The molecule has 0 saturated carbocycles. The average molecular weight is 460 g/mol. The van der Waals surface area contributed by atoms with Gasteiger partial charge in [0.1, 0.15) is 5.75 Å². The molecular weight excluding hydrogens is 441 g/mol. The molecule has 0 unspecified atom stereocenters. The van der Waals surface area contributed by atoms with Crippen molar-refractivity contribution in [3.63, 3.8) is 0 Å². The fourth-order valence-corrected chi connectivity index (χ4v) is 6.20. The van der Waals surface area contributed by atoms with Crippen molar-refractivity contribution in [2.45, 2.75) is 5.41 Å². The van der Waals surface area contributed by atoms with Crippen molar-refractivity contribution in [2.24, 2.45) is 0 Å². The van der Waals surface area contributed by atoms with Crippen LogP contribution in [0.5, 0.6) is 5.75 Å². The van der Waals surface area contributed by atoms with Gasteiger partial charge in [-0.3, -0.25) is 0 Å². The molecule has 0 atom stereocenters. The Morgan fingerprint density at radius 1 is 0.611 bits per heavy atom. The lowest BCUT2D eigenvalue weighted by Gasteiger charge is -2.30. The summed E-state index contributed by atoms with van der Waals surface area (Å²) in [6.45, 7) is 0. The minimum Gasteiger partial charge on any atom is -0.537 e. The van der Waals surface area contributed by atoms with Crippen molar-refractivity contribution in [2.75, 3.05) is 0 Å². The Morgan fingerprint density at radius 2 is 1.22 bits per heavy atom. The van der Waals surface area contributed by atoms with Crippen LogP contribution >= 0.6 is 0 Å². The van der Waals surface area contributed by atoms with Crippen molar-refractivity contribution in [1.82, 2.24) is 0 Å². The summed E-state index contributed by atoms with van der Waals surface area (Å²) in [6.07, 6.45) is 0. The molecule has 2 aliphatic carbocycles. The van der Waals surface area contributed by atoms with Gasteiger partial charge < -0.3 is 9.68 Å². The second kappa shape index (κ2) is 7.71. The van der Waals surface area contributed by atoms with E-state index in [1.54, 1.807) is 0 Å². The lowest BCUT2D eigenvalue weighted by molar-refractivity contribution is 0.454. The number of nitriles is 1. The van der Waals surface area contributed by atoms with E-state index in [1.807, 2.05) is 30.3 Å². The van der Waals surface area contributed by atoms with Gasteiger partial charge in [-0.2, -0.15) is 5.26 Å². The van der Waals surface area contributed by atoms with Gasteiger partial charge in [-0.25, -0.2) is 0 Å².